The number of likely N-dealkylation sites (N-methyl/N-ethyl adjacent to an activating group) is 1. The van der Waals surface area contributed by atoms with Gasteiger partial charge in [0.05, 0.1) is 20.3 Å². The van der Waals surface area contributed by atoms with E-state index < -0.39 is 0 Å². The van der Waals surface area contributed by atoms with E-state index in [1.54, 1.807) is 26.5 Å². The molecule has 1 aromatic rings. The molecule has 0 saturated carbocycles. The second-order valence-electron chi connectivity index (χ2n) is 5.88. The van der Waals surface area contributed by atoms with Crippen molar-refractivity contribution < 1.29 is 14.3 Å². The van der Waals surface area contributed by atoms with E-state index in [1.807, 2.05) is 11.9 Å². The van der Waals surface area contributed by atoms with Crippen molar-refractivity contribution in [2.75, 3.05) is 34.4 Å². The Kier molecular flexibility index (Phi) is 6.21. The first-order chi connectivity index (χ1) is 11.1. The summed E-state index contributed by atoms with van der Waals surface area (Å²) >= 11 is 0. The standard InChI is InChI=1S/C17H27N3O3/c1-5-6-7-14-17(21)19(2)10-11-20(14)12-13-16(23-4)15(22-3)8-9-18-13/h8-9,14H,5-7,10-12H2,1-4H3/t14-/m1/s1. The summed E-state index contributed by atoms with van der Waals surface area (Å²) in [6.45, 7) is 4.33. The summed E-state index contributed by atoms with van der Waals surface area (Å²) in [4.78, 5) is 21.0. The number of aromatic nitrogens is 1. The summed E-state index contributed by atoms with van der Waals surface area (Å²) in [5.74, 6) is 1.52. The molecule has 0 N–H and O–H groups in total. The van der Waals surface area contributed by atoms with Crippen molar-refractivity contribution in [1.29, 1.82) is 0 Å². The number of carbonyl (C=O) groups excluding carboxylic acids is 1. The third-order valence-electron chi connectivity index (χ3n) is 4.37. The molecule has 128 valence electrons. The van der Waals surface area contributed by atoms with Crippen LogP contribution < -0.4 is 9.47 Å². The molecule has 0 bridgehead atoms. The lowest BCUT2D eigenvalue weighted by molar-refractivity contribution is -0.140. The maximum Gasteiger partial charge on any atom is 0.239 e. The van der Waals surface area contributed by atoms with E-state index >= 15 is 0 Å². The number of ether oxygens (including phenoxy) is 2. The molecule has 1 fully saturated rings. The average Bonchev–Trinajstić information content (AvgIpc) is 2.57. The molecule has 2 rings (SSSR count). The van der Waals surface area contributed by atoms with Crippen LogP contribution in [0.25, 0.3) is 0 Å². The van der Waals surface area contributed by atoms with E-state index in [1.165, 1.54) is 0 Å². The van der Waals surface area contributed by atoms with E-state index in [0.717, 1.165) is 38.0 Å². The lowest BCUT2D eigenvalue weighted by Gasteiger charge is -2.39. The number of carbonyl (C=O) groups is 1. The van der Waals surface area contributed by atoms with Gasteiger partial charge in [0.15, 0.2) is 11.5 Å². The van der Waals surface area contributed by atoms with Crippen LogP contribution >= 0.6 is 0 Å². The van der Waals surface area contributed by atoms with Crippen LogP contribution in [0, 0.1) is 0 Å². The average molecular weight is 321 g/mol. The van der Waals surface area contributed by atoms with Crippen molar-refractivity contribution >= 4 is 5.91 Å². The van der Waals surface area contributed by atoms with Gasteiger partial charge in [0.2, 0.25) is 5.91 Å². The largest absolute Gasteiger partial charge is 0.493 e. The molecule has 0 radical (unpaired) electrons. The van der Waals surface area contributed by atoms with Crippen molar-refractivity contribution in [3.8, 4) is 11.5 Å². The molecular formula is C17H27N3O3. The van der Waals surface area contributed by atoms with Crippen LogP contribution in [0.4, 0.5) is 0 Å². The van der Waals surface area contributed by atoms with Gasteiger partial charge >= 0.3 is 0 Å². The number of piperazine rings is 1. The SMILES string of the molecule is CCCC[C@@H]1C(=O)N(C)CCN1Cc1nccc(OC)c1OC. The van der Waals surface area contributed by atoms with Gasteiger partial charge in [-0.1, -0.05) is 19.8 Å². The van der Waals surface area contributed by atoms with E-state index in [-0.39, 0.29) is 11.9 Å². The Labute approximate surface area is 138 Å². The normalized spacial score (nSPS) is 19.0. The zero-order valence-corrected chi connectivity index (χ0v) is 14.5. The van der Waals surface area contributed by atoms with Crippen LogP contribution in [-0.4, -0.2) is 61.1 Å². The van der Waals surface area contributed by atoms with Crippen LogP contribution in [0.15, 0.2) is 12.3 Å². The highest BCUT2D eigenvalue weighted by atomic mass is 16.5. The highest BCUT2D eigenvalue weighted by Crippen LogP contribution is 2.31. The molecule has 2 heterocycles. The van der Waals surface area contributed by atoms with Crippen molar-refractivity contribution in [3.05, 3.63) is 18.0 Å². The summed E-state index contributed by atoms with van der Waals surface area (Å²) < 4.78 is 10.8. The fraction of sp³-hybridized carbons (Fsp3) is 0.647. The van der Waals surface area contributed by atoms with Gasteiger partial charge in [-0.2, -0.15) is 0 Å². The van der Waals surface area contributed by atoms with Gasteiger partial charge in [-0.25, -0.2) is 0 Å². The molecule has 1 aliphatic rings. The zero-order valence-electron chi connectivity index (χ0n) is 14.5. The predicted molar refractivity (Wildman–Crippen MR) is 88.7 cm³/mol. The van der Waals surface area contributed by atoms with Gasteiger partial charge < -0.3 is 14.4 Å². The lowest BCUT2D eigenvalue weighted by atomic mass is 10.0. The van der Waals surface area contributed by atoms with Gasteiger partial charge in [0, 0.05) is 38.9 Å². The van der Waals surface area contributed by atoms with E-state index in [0.29, 0.717) is 18.0 Å². The van der Waals surface area contributed by atoms with E-state index in [4.69, 9.17) is 9.47 Å². The zero-order chi connectivity index (χ0) is 16.8. The second kappa shape index (κ2) is 8.15. The van der Waals surface area contributed by atoms with Gasteiger partial charge in [-0.3, -0.25) is 14.7 Å². The van der Waals surface area contributed by atoms with Crippen LogP contribution in [0.3, 0.4) is 0 Å². The molecule has 1 aromatic heterocycles. The summed E-state index contributed by atoms with van der Waals surface area (Å²) in [6, 6.07) is 1.71. The third kappa shape index (κ3) is 3.93. The van der Waals surface area contributed by atoms with Crippen LogP contribution in [0.5, 0.6) is 11.5 Å². The molecule has 0 aliphatic carbocycles. The number of amides is 1. The van der Waals surface area contributed by atoms with Crippen LogP contribution in [0.1, 0.15) is 31.9 Å². The monoisotopic (exact) mass is 321 g/mol. The number of rotatable bonds is 7. The highest BCUT2D eigenvalue weighted by Gasteiger charge is 2.33. The number of hydrogen-bond donors (Lipinski definition) is 0. The van der Waals surface area contributed by atoms with Crippen molar-refractivity contribution in [3.63, 3.8) is 0 Å². The fourth-order valence-corrected chi connectivity index (χ4v) is 3.00. The Morgan fingerprint density at radius 3 is 2.74 bits per heavy atom. The Morgan fingerprint density at radius 2 is 2.09 bits per heavy atom. The van der Waals surface area contributed by atoms with E-state index in [2.05, 4.69) is 16.8 Å². The first-order valence-electron chi connectivity index (χ1n) is 8.17. The minimum absolute atomic E-state index is 0.0774. The Morgan fingerprint density at radius 1 is 1.30 bits per heavy atom. The van der Waals surface area contributed by atoms with Gasteiger partial charge in [0.25, 0.3) is 0 Å². The summed E-state index contributed by atoms with van der Waals surface area (Å²) in [7, 11) is 5.11. The molecular weight excluding hydrogens is 294 g/mol. The lowest BCUT2D eigenvalue weighted by Crippen LogP contribution is -2.55. The molecule has 1 amide bonds. The van der Waals surface area contributed by atoms with Gasteiger partial charge in [-0.15, -0.1) is 0 Å². The molecule has 6 heteroatoms. The molecule has 1 saturated heterocycles. The molecule has 0 unspecified atom stereocenters. The smallest absolute Gasteiger partial charge is 0.239 e. The highest BCUT2D eigenvalue weighted by molar-refractivity contribution is 5.82. The number of methoxy groups -OCH3 is 2. The minimum Gasteiger partial charge on any atom is -0.493 e. The topological polar surface area (TPSA) is 54.9 Å². The molecule has 0 spiro atoms. The summed E-state index contributed by atoms with van der Waals surface area (Å²) in [5, 5.41) is 0. The van der Waals surface area contributed by atoms with Crippen molar-refractivity contribution in [2.45, 2.75) is 38.8 Å². The van der Waals surface area contributed by atoms with Crippen LogP contribution in [0.2, 0.25) is 0 Å². The fourth-order valence-electron chi connectivity index (χ4n) is 3.00. The Hall–Kier alpha value is -1.82. The maximum atomic E-state index is 12.5. The third-order valence-corrected chi connectivity index (χ3v) is 4.37. The van der Waals surface area contributed by atoms with Gasteiger partial charge in [0.1, 0.15) is 5.69 Å². The Bertz CT molecular complexity index is 536. The van der Waals surface area contributed by atoms with E-state index in [9.17, 15) is 4.79 Å². The molecule has 1 atom stereocenters. The first-order valence-corrected chi connectivity index (χ1v) is 8.17. The summed E-state index contributed by atoms with van der Waals surface area (Å²) in [5.41, 5.74) is 0.811. The number of hydrogen-bond acceptors (Lipinski definition) is 5. The second-order valence-corrected chi connectivity index (χ2v) is 5.88. The van der Waals surface area contributed by atoms with Crippen molar-refractivity contribution in [1.82, 2.24) is 14.8 Å². The number of unbranched alkanes of at least 4 members (excludes halogenated alkanes) is 1. The van der Waals surface area contributed by atoms with Crippen molar-refractivity contribution in [2.24, 2.45) is 0 Å². The molecule has 6 nitrogen and oxygen atoms in total. The van der Waals surface area contributed by atoms with Crippen LogP contribution in [-0.2, 0) is 11.3 Å². The Balaban J connectivity index is 2.21. The predicted octanol–water partition coefficient (Wildman–Crippen LogP) is 1.93. The maximum absolute atomic E-state index is 12.5. The number of pyridine rings is 1. The quantitative estimate of drug-likeness (QED) is 0.768. The molecule has 1 aliphatic heterocycles. The summed E-state index contributed by atoms with van der Waals surface area (Å²) in [6.07, 6.45) is 4.73. The molecule has 0 aromatic carbocycles. The number of nitrogens with zero attached hydrogens (tertiary/aromatic N) is 3. The first kappa shape index (κ1) is 17.5. The van der Waals surface area contributed by atoms with Gasteiger partial charge in [-0.05, 0) is 6.42 Å². The molecule has 23 heavy (non-hydrogen) atoms. The minimum atomic E-state index is -0.0774.